The minimum atomic E-state index is -0.322. The molecular weight excluding hydrogens is 334 g/mol. The number of carbonyl (C=O) groups excluding carboxylic acids is 2. The molecule has 1 aromatic carbocycles. The van der Waals surface area contributed by atoms with Crippen LogP contribution in [0.5, 0.6) is 0 Å². The molecule has 0 unspecified atom stereocenters. The van der Waals surface area contributed by atoms with Crippen LogP contribution >= 0.6 is 11.3 Å². The summed E-state index contributed by atoms with van der Waals surface area (Å²) in [5.41, 5.74) is 10.0. The number of rotatable bonds is 2. The molecule has 0 atom stereocenters. The third kappa shape index (κ3) is 2.82. The van der Waals surface area contributed by atoms with Crippen molar-refractivity contribution in [1.29, 1.82) is 0 Å². The van der Waals surface area contributed by atoms with Gasteiger partial charge in [0.2, 0.25) is 0 Å². The van der Waals surface area contributed by atoms with E-state index in [2.05, 4.69) is 15.8 Å². The van der Waals surface area contributed by atoms with Crippen LogP contribution in [-0.4, -0.2) is 16.8 Å². The number of aryl methyl sites for hydroxylation is 4. The number of hydrogen-bond acceptors (Lipinski definition) is 3. The van der Waals surface area contributed by atoms with Crippen LogP contribution in [0.4, 0.5) is 0 Å². The molecule has 1 aliphatic carbocycles. The molecule has 6 heteroatoms. The Balaban J connectivity index is 1.46. The highest BCUT2D eigenvalue weighted by molar-refractivity contribution is 7.14. The van der Waals surface area contributed by atoms with Gasteiger partial charge in [0.15, 0.2) is 0 Å². The monoisotopic (exact) mass is 353 g/mol. The third-order valence-electron chi connectivity index (χ3n) is 4.83. The third-order valence-corrected chi connectivity index (χ3v) is 6.07. The van der Waals surface area contributed by atoms with E-state index in [9.17, 15) is 9.59 Å². The number of hydrogen-bond donors (Lipinski definition) is 3. The zero-order valence-electron chi connectivity index (χ0n) is 14.2. The maximum atomic E-state index is 12.3. The van der Waals surface area contributed by atoms with Crippen molar-refractivity contribution in [2.45, 2.75) is 33.1 Å². The largest absolute Gasteiger partial charge is 0.358 e. The van der Waals surface area contributed by atoms with E-state index in [1.165, 1.54) is 28.2 Å². The van der Waals surface area contributed by atoms with Crippen LogP contribution in [0.25, 0.3) is 10.9 Å². The van der Waals surface area contributed by atoms with Gasteiger partial charge in [-0.1, -0.05) is 0 Å². The number of amides is 2. The van der Waals surface area contributed by atoms with Gasteiger partial charge in [0.25, 0.3) is 11.8 Å². The van der Waals surface area contributed by atoms with Crippen molar-refractivity contribution in [3.8, 4) is 0 Å². The summed E-state index contributed by atoms with van der Waals surface area (Å²) in [6.45, 7) is 4.03. The average molecular weight is 353 g/mol. The van der Waals surface area contributed by atoms with Gasteiger partial charge in [0.1, 0.15) is 0 Å². The molecule has 0 bridgehead atoms. The lowest BCUT2D eigenvalue weighted by Gasteiger charge is -2.07. The molecule has 2 heterocycles. The van der Waals surface area contributed by atoms with E-state index in [0.717, 1.165) is 35.0 Å². The topological polar surface area (TPSA) is 74.0 Å². The number of hydrazine groups is 1. The molecule has 5 nitrogen and oxygen atoms in total. The van der Waals surface area contributed by atoms with E-state index in [1.54, 1.807) is 6.07 Å². The Labute approximate surface area is 149 Å². The zero-order valence-corrected chi connectivity index (χ0v) is 15.0. The van der Waals surface area contributed by atoms with E-state index in [-0.39, 0.29) is 11.8 Å². The van der Waals surface area contributed by atoms with Gasteiger partial charge in [0, 0.05) is 27.0 Å². The minimum Gasteiger partial charge on any atom is -0.358 e. The minimum absolute atomic E-state index is 0.262. The fourth-order valence-corrected chi connectivity index (χ4v) is 4.44. The molecule has 1 aliphatic rings. The summed E-state index contributed by atoms with van der Waals surface area (Å²) in [5.74, 6) is -0.583. The van der Waals surface area contributed by atoms with Crippen LogP contribution in [0.1, 0.15) is 48.1 Å². The van der Waals surface area contributed by atoms with Gasteiger partial charge in [-0.2, -0.15) is 0 Å². The van der Waals surface area contributed by atoms with E-state index in [0.29, 0.717) is 10.4 Å². The molecule has 25 heavy (non-hydrogen) atoms. The van der Waals surface area contributed by atoms with Crippen LogP contribution < -0.4 is 10.9 Å². The standard InChI is InChI=1S/C19H19N3O2S/c1-10-11(2)20-15-7-6-13(8-14(10)15)18(23)21-22-19(24)17-9-12-4-3-5-16(12)25-17/h6-9,20H,3-5H2,1-2H3,(H,21,23)(H,22,24). The van der Waals surface area contributed by atoms with Gasteiger partial charge >= 0.3 is 0 Å². The second kappa shape index (κ2) is 6.04. The maximum absolute atomic E-state index is 12.3. The predicted octanol–water partition coefficient (Wildman–Crippen LogP) is 3.41. The summed E-state index contributed by atoms with van der Waals surface area (Å²) in [5, 5.41) is 1.02. The molecular formula is C19H19N3O2S. The molecule has 128 valence electrons. The maximum Gasteiger partial charge on any atom is 0.279 e. The van der Waals surface area contributed by atoms with Crippen LogP contribution in [-0.2, 0) is 12.8 Å². The van der Waals surface area contributed by atoms with Crippen molar-refractivity contribution >= 4 is 34.1 Å². The van der Waals surface area contributed by atoms with Gasteiger partial charge < -0.3 is 4.98 Å². The first-order valence-corrected chi connectivity index (χ1v) is 9.16. The van der Waals surface area contributed by atoms with Gasteiger partial charge in [-0.05, 0) is 68.5 Å². The van der Waals surface area contributed by atoms with Crippen LogP contribution in [0.3, 0.4) is 0 Å². The summed E-state index contributed by atoms with van der Waals surface area (Å²) in [6, 6.07) is 7.41. The molecule has 3 aromatic rings. The fraction of sp³-hybridized carbons (Fsp3) is 0.263. The summed E-state index contributed by atoms with van der Waals surface area (Å²) < 4.78 is 0. The zero-order chi connectivity index (χ0) is 17.6. The Kier molecular flexibility index (Phi) is 3.84. The Morgan fingerprint density at radius 3 is 2.68 bits per heavy atom. The molecule has 3 N–H and O–H groups in total. The summed E-state index contributed by atoms with van der Waals surface area (Å²) in [7, 11) is 0. The molecule has 2 amide bonds. The summed E-state index contributed by atoms with van der Waals surface area (Å²) in [6.07, 6.45) is 3.26. The first-order chi connectivity index (χ1) is 12.0. The van der Waals surface area contributed by atoms with Gasteiger partial charge in [0.05, 0.1) is 4.88 Å². The first-order valence-electron chi connectivity index (χ1n) is 8.34. The van der Waals surface area contributed by atoms with Gasteiger partial charge in [-0.25, -0.2) is 0 Å². The SMILES string of the molecule is Cc1[nH]c2ccc(C(=O)NNC(=O)c3cc4c(s3)CCC4)cc2c1C. The molecule has 0 fully saturated rings. The highest BCUT2D eigenvalue weighted by Gasteiger charge is 2.19. The number of thiophene rings is 1. The van der Waals surface area contributed by atoms with Crippen LogP contribution in [0, 0.1) is 13.8 Å². The molecule has 0 aliphatic heterocycles. The normalized spacial score (nSPS) is 13.0. The highest BCUT2D eigenvalue weighted by atomic mass is 32.1. The Morgan fingerprint density at radius 1 is 1.08 bits per heavy atom. The summed E-state index contributed by atoms with van der Waals surface area (Å²) in [4.78, 5) is 29.8. The van der Waals surface area contributed by atoms with Crippen molar-refractivity contribution in [1.82, 2.24) is 15.8 Å². The van der Waals surface area contributed by atoms with Crippen molar-refractivity contribution in [3.63, 3.8) is 0 Å². The van der Waals surface area contributed by atoms with Gasteiger partial charge in [-0.3, -0.25) is 20.4 Å². The van der Waals surface area contributed by atoms with Gasteiger partial charge in [-0.15, -0.1) is 11.3 Å². The second-order valence-corrected chi connectivity index (χ2v) is 7.59. The average Bonchev–Trinajstić information content (AvgIpc) is 3.27. The van der Waals surface area contributed by atoms with Crippen LogP contribution in [0.15, 0.2) is 24.3 Å². The molecule has 0 saturated carbocycles. The molecule has 0 radical (unpaired) electrons. The number of aromatic amines is 1. The van der Waals surface area contributed by atoms with Crippen LogP contribution in [0.2, 0.25) is 0 Å². The quantitative estimate of drug-likeness (QED) is 0.618. The van der Waals surface area contributed by atoms with E-state index >= 15 is 0 Å². The first kappa shape index (κ1) is 15.9. The Bertz CT molecular complexity index is 978. The number of H-pyrrole nitrogens is 1. The highest BCUT2D eigenvalue weighted by Crippen LogP contribution is 2.30. The predicted molar refractivity (Wildman–Crippen MR) is 99.0 cm³/mol. The number of fused-ring (bicyclic) bond motifs is 2. The number of nitrogens with one attached hydrogen (secondary N) is 3. The Hall–Kier alpha value is -2.60. The number of aromatic nitrogens is 1. The number of carbonyl (C=O) groups is 2. The lowest BCUT2D eigenvalue weighted by Crippen LogP contribution is -2.41. The molecule has 4 rings (SSSR count). The van der Waals surface area contributed by atoms with Crippen molar-refractivity contribution < 1.29 is 9.59 Å². The molecule has 0 saturated heterocycles. The van der Waals surface area contributed by atoms with Crippen molar-refractivity contribution in [2.75, 3.05) is 0 Å². The lowest BCUT2D eigenvalue weighted by molar-refractivity contribution is 0.0849. The number of benzene rings is 1. The second-order valence-electron chi connectivity index (χ2n) is 6.46. The van der Waals surface area contributed by atoms with Crippen molar-refractivity contribution in [2.24, 2.45) is 0 Å². The van der Waals surface area contributed by atoms with E-state index in [4.69, 9.17) is 0 Å². The molecule has 0 spiro atoms. The van der Waals surface area contributed by atoms with E-state index in [1.807, 2.05) is 32.0 Å². The Morgan fingerprint density at radius 2 is 1.88 bits per heavy atom. The molecule has 2 aromatic heterocycles. The smallest absolute Gasteiger partial charge is 0.279 e. The van der Waals surface area contributed by atoms with E-state index < -0.39 is 0 Å². The lowest BCUT2D eigenvalue weighted by atomic mass is 10.1. The summed E-state index contributed by atoms with van der Waals surface area (Å²) >= 11 is 1.52. The van der Waals surface area contributed by atoms with Crippen molar-refractivity contribution in [3.05, 3.63) is 56.4 Å². The fourth-order valence-electron chi connectivity index (χ4n) is 3.29.